The molecule has 2 nitrogen and oxygen atoms in total. The lowest BCUT2D eigenvalue weighted by Crippen LogP contribution is -2.10. The van der Waals surface area contributed by atoms with E-state index in [4.69, 9.17) is 5.11 Å². The second-order valence-electron chi connectivity index (χ2n) is 6.93. The fourth-order valence-electron chi connectivity index (χ4n) is 3.02. The molecule has 0 aromatic carbocycles. The van der Waals surface area contributed by atoms with E-state index in [0.29, 0.717) is 0 Å². The molecule has 0 saturated heterocycles. The van der Waals surface area contributed by atoms with Crippen molar-refractivity contribution in [2.24, 2.45) is 0 Å². The summed E-state index contributed by atoms with van der Waals surface area (Å²) in [6.45, 7) is 2.19. The molecular formula is C20H42O2. The molecule has 0 bridgehead atoms. The average Bonchev–Trinajstić information content (AvgIpc) is 2.54. The van der Waals surface area contributed by atoms with Crippen molar-refractivity contribution in [1.82, 2.24) is 0 Å². The van der Waals surface area contributed by atoms with E-state index < -0.39 is 6.10 Å². The van der Waals surface area contributed by atoms with Crippen molar-refractivity contribution in [3.05, 3.63) is 0 Å². The molecule has 0 aliphatic carbocycles. The molecule has 1 atom stereocenters. The van der Waals surface area contributed by atoms with E-state index in [1.165, 1.54) is 96.3 Å². The van der Waals surface area contributed by atoms with Crippen LogP contribution in [0.4, 0.5) is 0 Å². The summed E-state index contributed by atoms with van der Waals surface area (Å²) in [6.07, 6.45) is 22.2. The summed E-state index contributed by atoms with van der Waals surface area (Å²) in [5.41, 5.74) is 0. The molecule has 2 heteroatoms. The zero-order chi connectivity index (χ0) is 16.3. The topological polar surface area (TPSA) is 40.5 Å². The van der Waals surface area contributed by atoms with Crippen LogP contribution in [0.5, 0.6) is 0 Å². The molecule has 0 spiro atoms. The highest BCUT2D eigenvalue weighted by Crippen LogP contribution is 2.14. The number of aliphatic hydroxyl groups is 2. The SMILES string of the molecule is CCCCCCCCCCCCCCCCCC[C@@H](O)CO. The third-order valence-electron chi connectivity index (χ3n) is 4.60. The largest absolute Gasteiger partial charge is 0.394 e. The van der Waals surface area contributed by atoms with Gasteiger partial charge in [-0.05, 0) is 6.42 Å². The summed E-state index contributed by atoms with van der Waals surface area (Å²) in [4.78, 5) is 0. The Morgan fingerprint density at radius 3 is 1.18 bits per heavy atom. The fraction of sp³-hybridized carbons (Fsp3) is 1.00. The van der Waals surface area contributed by atoms with Crippen LogP contribution in [0.15, 0.2) is 0 Å². The summed E-state index contributed by atoms with van der Waals surface area (Å²) >= 11 is 0. The molecule has 0 saturated carbocycles. The zero-order valence-corrected chi connectivity index (χ0v) is 15.2. The number of rotatable bonds is 18. The smallest absolute Gasteiger partial charge is 0.0770 e. The first-order chi connectivity index (χ1) is 10.8. The van der Waals surface area contributed by atoms with Gasteiger partial charge < -0.3 is 10.2 Å². The Morgan fingerprint density at radius 1 is 0.545 bits per heavy atom. The molecule has 0 amide bonds. The van der Waals surface area contributed by atoms with Gasteiger partial charge in [0.1, 0.15) is 0 Å². The van der Waals surface area contributed by atoms with Crippen LogP contribution in [-0.4, -0.2) is 22.9 Å². The van der Waals surface area contributed by atoms with Gasteiger partial charge in [-0.2, -0.15) is 0 Å². The summed E-state index contributed by atoms with van der Waals surface area (Å²) in [7, 11) is 0. The number of aliphatic hydroxyl groups excluding tert-OH is 2. The lowest BCUT2D eigenvalue weighted by atomic mass is 10.0. The van der Waals surface area contributed by atoms with Crippen LogP contribution in [0.3, 0.4) is 0 Å². The van der Waals surface area contributed by atoms with Crippen LogP contribution in [0.2, 0.25) is 0 Å². The van der Waals surface area contributed by atoms with Gasteiger partial charge in [0.2, 0.25) is 0 Å². The van der Waals surface area contributed by atoms with Gasteiger partial charge in [-0.25, -0.2) is 0 Å². The highest BCUT2D eigenvalue weighted by atomic mass is 16.3. The third-order valence-corrected chi connectivity index (χ3v) is 4.60. The van der Waals surface area contributed by atoms with Gasteiger partial charge in [0, 0.05) is 0 Å². The first-order valence-corrected chi connectivity index (χ1v) is 10.1. The van der Waals surface area contributed by atoms with E-state index in [-0.39, 0.29) is 6.61 Å². The predicted octanol–water partition coefficient (Wildman–Crippen LogP) is 5.99. The maximum Gasteiger partial charge on any atom is 0.0770 e. The quantitative estimate of drug-likeness (QED) is 0.305. The van der Waals surface area contributed by atoms with Gasteiger partial charge in [0.25, 0.3) is 0 Å². The van der Waals surface area contributed by atoms with Crippen molar-refractivity contribution in [2.75, 3.05) is 6.61 Å². The zero-order valence-electron chi connectivity index (χ0n) is 15.2. The lowest BCUT2D eigenvalue weighted by molar-refractivity contribution is 0.0860. The maximum absolute atomic E-state index is 9.22. The molecule has 2 N–H and O–H groups in total. The third kappa shape index (κ3) is 18.0. The second kappa shape index (κ2) is 19.0. The van der Waals surface area contributed by atoms with Crippen LogP contribution < -0.4 is 0 Å². The molecule has 0 fully saturated rings. The van der Waals surface area contributed by atoms with Crippen molar-refractivity contribution >= 4 is 0 Å². The summed E-state index contributed by atoms with van der Waals surface area (Å²) in [5.74, 6) is 0. The highest BCUT2D eigenvalue weighted by molar-refractivity contribution is 4.54. The van der Waals surface area contributed by atoms with Gasteiger partial charge in [-0.1, -0.05) is 110 Å². The van der Waals surface area contributed by atoms with Crippen LogP contribution >= 0.6 is 0 Å². The minimum absolute atomic E-state index is 0.0846. The molecule has 0 radical (unpaired) electrons. The molecule has 0 rings (SSSR count). The lowest BCUT2D eigenvalue weighted by Gasteiger charge is -2.06. The first-order valence-electron chi connectivity index (χ1n) is 10.1. The van der Waals surface area contributed by atoms with Gasteiger partial charge in [-0.15, -0.1) is 0 Å². The van der Waals surface area contributed by atoms with Crippen LogP contribution in [0.1, 0.15) is 116 Å². The molecule has 0 aliphatic rings. The van der Waals surface area contributed by atoms with E-state index in [0.717, 1.165) is 12.8 Å². The van der Waals surface area contributed by atoms with Crippen molar-refractivity contribution in [2.45, 2.75) is 122 Å². The maximum atomic E-state index is 9.22. The van der Waals surface area contributed by atoms with Gasteiger partial charge >= 0.3 is 0 Å². The molecule has 134 valence electrons. The van der Waals surface area contributed by atoms with Gasteiger partial charge in [0.05, 0.1) is 12.7 Å². The van der Waals surface area contributed by atoms with Crippen molar-refractivity contribution in [3.8, 4) is 0 Å². The second-order valence-corrected chi connectivity index (χ2v) is 6.93. The molecule has 0 unspecified atom stereocenters. The highest BCUT2D eigenvalue weighted by Gasteiger charge is 2.00. The van der Waals surface area contributed by atoms with E-state index in [1.807, 2.05) is 0 Å². The number of unbranched alkanes of at least 4 members (excludes halogenated alkanes) is 15. The monoisotopic (exact) mass is 314 g/mol. The van der Waals surface area contributed by atoms with Crippen molar-refractivity contribution < 1.29 is 10.2 Å². The summed E-state index contributed by atoms with van der Waals surface area (Å²) in [5, 5.41) is 17.9. The molecule has 0 aromatic heterocycles. The fourth-order valence-corrected chi connectivity index (χ4v) is 3.02. The minimum Gasteiger partial charge on any atom is -0.394 e. The normalized spacial score (nSPS) is 12.7. The van der Waals surface area contributed by atoms with Gasteiger partial charge in [-0.3, -0.25) is 0 Å². The van der Waals surface area contributed by atoms with Crippen LogP contribution in [0.25, 0.3) is 0 Å². The standard InChI is InChI=1S/C20H42O2/c1-2-3-4-5-6-7-8-9-10-11-12-13-14-15-16-17-18-20(22)19-21/h20-22H,2-19H2,1H3/t20-/m1/s1. The summed E-state index contributed by atoms with van der Waals surface area (Å²) < 4.78 is 0. The first kappa shape index (κ1) is 21.9. The Bertz CT molecular complexity index is 194. The molecule has 0 heterocycles. The van der Waals surface area contributed by atoms with Crippen molar-refractivity contribution in [1.29, 1.82) is 0 Å². The van der Waals surface area contributed by atoms with Crippen molar-refractivity contribution in [3.63, 3.8) is 0 Å². The molecular weight excluding hydrogens is 272 g/mol. The van der Waals surface area contributed by atoms with E-state index in [9.17, 15) is 5.11 Å². The van der Waals surface area contributed by atoms with E-state index >= 15 is 0 Å². The number of hydrogen-bond acceptors (Lipinski definition) is 2. The Kier molecular flexibility index (Phi) is 18.9. The number of hydrogen-bond donors (Lipinski definition) is 2. The Morgan fingerprint density at radius 2 is 0.864 bits per heavy atom. The molecule has 22 heavy (non-hydrogen) atoms. The minimum atomic E-state index is -0.494. The summed E-state index contributed by atoms with van der Waals surface area (Å²) in [6, 6.07) is 0. The Labute approximate surface area is 139 Å². The van der Waals surface area contributed by atoms with Gasteiger partial charge in [0.15, 0.2) is 0 Å². The predicted molar refractivity (Wildman–Crippen MR) is 97.3 cm³/mol. The Balaban J connectivity index is 2.97. The van der Waals surface area contributed by atoms with Crippen LogP contribution in [0, 0.1) is 0 Å². The molecule has 0 aromatic rings. The van der Waals surface area contributed by atoms with E-state index in [1.54, 1.807) is 0 Å². The van der Waals surface area contributed by atoms with E-state index in [2.05, 4.69) is 6.92 Å². The average molecular weight is 315 g/mol. The van der Waals surface area contributed by atoms with Crippen LogP contribution in [-0.2, 0) is 0 Å². The molecule has 0 aliphatic heterocycles. The Hall–Kier alpha value is -0.0800.